The van der Waals surface area contributed by atoms with Crippen molar-refractivity contribution in [2.75, 3.05) is 5.75 Å². The van der Waals surface area contributed by atoms with Gasteiger partial charge in [0, 0.05) is 301 Å². The van der Waals surface area contributed by atoms with Crippen molar-refractivity contribution in [1.82, 2.24) is 0 Å². The van der Waals surface area contributed by atoms with Crippen LogP contribution >= 0.6 is 385 Å². The minimum atomic E-state index is -1.91. The molecule has 0 spiro atoms. The van der Waals surface area contributed by atoms with Gasteiger partial charge < -0.3 is 0 Å². The van der Waals surface area contributed by atoms with E-state index in [0.29, 0.717) is 5.75 Å². The Labute approximate surface area is 428 Å². The molecule has 44 heteroatoms. The van der Waals surface area contributed by atoms with Gasteiger partial charge in [-0.05, 0) is 101 Å². The zero-order valence-corrected chi connectivity index (χ0v) is 54.9. The monoisotopic (exact) mass is 1420 g/mol. The van der Waals surface area contributed by atoms with Crippen molar-refractivity contribution >= 4 is 422 Å². The van der Waals surface area contributed by atoms with Crippen molar-refractivity contribution in [2.45, 2.75) is 6.92 Å². The highest BCUT2D eigenvalue weighted by Gasteiger charge is 2.12. The second-order valence-corrected chi connectivity index (χ2v) is 83.9. The third-order valence-corrected chi connectivity index (χ3v) is 97.8. The smallest absolute Gasteiger partial charge is 0.0977 e. The summed E-state index contributed by atoms with van der Waals surface area (Å²) in [5, 5.41) is -1.91. The van der Waals surface area contributed by atoms with Crippen molar-refractivity contribution in [3.63, 3.8) is 0 Å². The van der Waals surface area contributed by atoms with E-state index in [1.54, 1.807) is 187 Å². The van der Waals surface area contributed by atoms with Crippen LogP contribution in [0, 0.1) is 0 Å². The Morgan fingerprint density at radius 2 is 0.565 bits per heavy atom. The van der Waals surface area contributed by atoms with Crippen molar-refractivity contribution in [2.24, 2.45) is 0 Å². The van der Waals surface area contributed by atoms with Crippen LogP contribution in [0.1, 0.15) is 6.92 Å². The summed E-state index contributed by atoms with van der Waals surface area (Å²) >= 11 is 14.7. The van der Waals surface area contributed by atoms with E-state index in [0.717, 1.165) is 0 Å². The maximum atomic E-state index is 11.8. The zero-order chi connectivity index (χ0) is 33.7. The van der Waals surface area contributed by atoms with Gasteiger partial charge in [-0.15, -0.1) is 0 Å². The molecular weight excluding hydrogens is 1420 g/mol. The van der Waals surface area contributed by atoms with Crippen LogP contribution in [0.4, 0.5) is 0 Å². The van der Waals surface area contributed by atoms with E-state index in [2.05, 4.69) is 11.7 Å². The topological polar surface area (TPSA) is 17.1 Å². The Bertz CT molecular complexity index is 698. The third-order valence-electron chi connectivity index (χ3n) is 1.58. The van der Waals surface area contributed by atoms with E-state index in [1.807, 2.05) is 174 Å². The SMILES string of the molecule is CCS(=O)S(=S)(=S)SSSSSSSSSSSSSSSSSSSSSSSSSSSSSSSSSSSSSSS. The first-order valence-corrected chi connectivity index (χ1v) is 65.2. The Hall–Kier alpha value is 14.6. The molecule has 1 atom stereocenters. The molecule has 0 amide bonds. The fourth-order valence-corrected chi connectivity index (χ4v) is 114. The summed E-state index contributed by atoms with van der Waals surface area (Å²) in [4.78, 5) is 0. The fraction of sp³-hybridized carbons (Fsp3) is 1.00. The minimum absolute atomic E-state index is 0.540. The van der Waals surface area contributed by atoms with Gasteiger partial charge in [-0.1, -0.05) is 18.6 Å². The lowest BCUT2D eigenvalue weighted by Gasteiger charge is -2.05. The average Bonchev–Trinajstić information content (AvgIpc) is 3.05. The van der Waals surface area contributed by atoms with Gasteiger partial charge in [-0.2, -0.15) is 0 Å². The van der Waals surface area contributed by atoms with Gasteiger partial charge in [0.1, 0.15) is 0 Å². The quantitative estimate of drug-likeness (QED) is 0.0356. The maximum Gasteiger partial charge on any atom is 0.0977 e. The molecule has 278 valence electrons. The number of hydrogen-bond donors (Lipinski definition) is 1. The first kappa shape index (κ1) is 60.6. The summed E-state index contributed by atoms with van der Waals surface area (Å²) < 4.78 is 11.8. The summed E-state index contributed by atoms with van der Waals surface area (Å²) in [5.74, 6) is 0.540. The van der Waals surface area contributed by atoms with Gasteiger partial charge in [0.25, 0.3) is 0 Å². The van der Waals surface area contributed by atoms with Crippen LogP contribution in [0.15, 0.2) is 0 Å². The van der Waals surface area contributed by atoms with Crippen LogP contribution in [-0.4, -0.2) is 9.96 Å². The summed E-state index contributed by atoms with van der Waals surface area (Å²) in [6.45, 7) is 1.87. The van der Waals surface area contributed by atoms with Crippen LogP contribution in [0.2, 0.25) is 0 Å². The highest BCUT2D eigenvalue weighted by atomic mass is 34.1. The molecule has 1 unspecified atom stereocenters. The van der Waals surface area contributed by atoms with E-state index < -0.39 is 15.0 Å². The van der Waals surface area contributed by atoms with Crippen molar-refractivity contribution in [3.8, 4) is 0 Å². The van der Waals surface area contributed by atoms with E-state index >= 15 is 0 Å². The molecule has 0 saturated carbocycles. The van der Waals surface area contributed by atoms with E-state index in [9.17, 15) is 4.21 Å². The summed E-state index contributed by atoms with van der Waals surface area (Å²) in [7, 11) is 65.9. The number of hydrogen-bond acceptors (Lipinski definition) is 42. The molecule has 0 radical (unpaired) electrons. The minimum Gasteiger partial charge on any atom is -0.247 e. The molecule has 0 fully saturated rings. The van der Waals surface area contributed by atoms with Crippen molar-refractivity contribution in [1.29, 1.82) is 0 Å². The number of thiol groups is 1. The summed E-state index contributed by atoms with van der Waals surface area (Å²) in [5.41, 5.74) is 0. The largest absolute Gasteiger partial charge is 0.247 e. The first-order chi connectivity index (χ1) is 22.5. The Morgan fingerprint density at radius 1 is 0.391 bits per heavy atom. The van der Waals surface area contributed by atoms with E-state index in [4.69, 9.17) is 22.4 Å². The highest BCUT2D eigenvalue weighted by Crippen LogP contribution is 2.68. The molecule has 0 aromatic heterocycles. The van der Waals surface area contributed by atoms with Crippen LogP contribution < -0.4 is 0 Å². The van der Waals surface area contributed by atoms with Gasteiger partial charge in [0.2, 0.25) is 0 Å². The molecule has 0 aliphatic carbocycles. The lowest BCUT2D eigenvalue weighted by molar-refractivity contribution is 0.692. The molecular formula is C2H6OS43. The Kier molecular flexibility index (Phi) is 68.8. The summed E-state index contributed by atoms with van der Waals surface area (Å²) in [6.07, 6.45) is 0. The molecule has 0 saturated heterocycles. The van der Waals surface area contributed by atoms with Crippen LogP contribution in [0.25, 0.3) is 0 Å². The van der Waals surface area contributed by atoms with Gasteiger partial charge >= 0.3 is 0 Å². The van der Waals surface area contributed by atoms with E-state index in [-0.39, 0.29) is 0 Å². The van der Waals surface area contributed by atoms with Crippen molar-refractivity contribution in [3.05, 3.63) is 0 Å². The molecule has 0 rings (SSSR count). The molecule has 0 bridgehead atoms. The zero-order valence-electron chi connectivity index (χ0n) is 19.7. The maximum absolute atomic E-state index is 11.8. The number of rotatable bonds is 40. The first-order valence-electron chi connectivity index (χ1n) is 8.18. The van der Waals surface area contributed by atoms with Gasteiger partial charge in [-0.3, -0.25) is 0 Å². The second-order valence-electron chi connectivity index (χ2n) is 3.59. The normalized spacial score (nSPS) is 12.7. The average molecular weight is 1420 g/mol. The lowest BCUT2D eigenvalue weighted by atomic mass is 11.0. The third kappa shape index (κ3) is 49.6. The molecule has 46 heavy (non-hydrogen) atoms. The molecule has 0 aliphatic rings. The lowest BCUT2D eigenvalue weighted by Crippen LogP contribution is -2.00. The predicted molar refractivity (Wildman–Crippen MR) is 338 cm³/mol. The predicted octanol–water partition coefficient (Wildman–Crippen LogP) is 25.2. The molecule has 0 aromatic carbocycles. The van der Waals surface area contributed by atoms with Crippen molar-refractivity contribution < 1.29 is 4.21 Å². The molecule has 0 aliphatic heterocycles. The summed E-state index contributed by atoms with van der Waals surface area (Å²) in [6, 6.07) is 0. The van der Waals surface area contributed by atoms with E-state index in [1.165, 1.54) is 19.7 Å². The fourth-order valence-electron chi connectivity index (χ4n) is 0.619. The van der Waals surface area contributed by atoms with Gasteiger partial charge in [0.15, 0.2) is 0 Å². The Morgan fingerprint density at radius 3 is 0.739 bits per heavy atom. The molecule has 0 aromatic rings. The standard InChI is InChI=1S/C2H6OS43/c1-2-45(3)46(5,6)44-43-42-41-40-39-38-37-36-35-34-33-32-31-30-29-28-27-26-25-24-23-22-21-20-19-18-17-16-15-14-13-12-11-10-9-8-7-4/h4H,2H2,1H3. The second kappa shape index (κ2) is 52.2. The van der Waals surface area contributed by atoms with Crippen LogP contribution in [0.5, 0.6) is 0 Å². The molecule has 0 heterocycles. The van der Waals surface area contributed by atoms with Crippen LogP contribution in [0.3, 0.4) is 0 Å². The molecule has 0 N–H and O–H groups in total. The Balaban J connectivity index is 3.11. The highest BCUT2D eigenvalue weighted by molar-refractivity contribution is 9.62. The van der Waals surface area contributed by atoms with Gasteiger partial charge in [-0.25, -0.2) is 4.21 Å². The molecule has 1 nitrogen and oxygen atoms in total. The van der Waals surface area contributed by atoms with Crippen LogP contribution in [-0.2, 0) is 37.4 Å². The van der Waals surface area contributed by atoms with Gasteiger partial charge in [0.05, 0.1) is 15.0 Å².